The highest BCUT2D eigenvalue weighted by Crippen LogP contribution is 2.55. The molecule has 0 radical (unpaired) electrons. The maximum absolute atomic E-state index is 10.1. The average Bonchev–Trinajstić information content (AvgIpc) is 2.67. The summed E-state index contributed by atoms with van der Waals surface area (Å²) in [6.07, 6.45) is 10.6. The van der Waals surface area contributed by atoms with Gasteiger partial charge in [0.2, 0.25) is 0 Å². The Bertz CT molecular complexity index is 601. The summed E-state index contributed by atoms with van der Waals surface area (Å²) in [5.74, 6) is 1.45. The lowest BCUT2D eigenvalue weighted by Gasteiger charge is -2.33. The van der Waals surface area contributed by atoms with Crippen LogP contribution in [0.5, 0.6) is 0 Å². The third kappa shape index (κ3) is 1.79. The summed E-state index contributed by atoms with van der Waals surface area (Å²) in [5, 5.41) is 10.1. The van der Waals surface area contributed by atoms with E-state index in [1.165, 1.54) is 11.1 Å². The minimum atomic E-state index is -0.393. The minimum absolute atomic E-state index is 0.0721. The Morgan fingerprint density at radius 2 is 2.38 bits per heavy atom. The third-order valence-corrected chi connectivity index (χ3v) is 5.02. The first-order valence-electron chi connectivity index (χ1n) is 7.61. The molecule has 2 aliphatic carbocycles. The molecule has 4 heteroatoms. The molecule has 110 valence electrons. The number of aliphatic imine (C=N–C) groups is 1. The van der Waals surface area contributed by atoms with Crippen molar-refractivity contribution in [1.82, 2.24) is 0 Å². The zero-order valence-corrected chi connectivity index (χ0v) is 12.4. The Labute approximate surface area is 124 Å². The predicted molar refractivity (Wildman–Crippen MR) is 78.6 cm³/mol. The molecule has 0 saturated heterocycles. The summed E-state index contributed by atoms with van der Waals surface area (Å²) in [7, 11) is 1.61. The van der Waals surface area contributed by atoms with Gasteiger partial charge in [-0.05, 0) is 19.8 Å². The molecular weight excluding hydrogens is 266 g/mol. The molecule has 0 bridgehead atoms. The Kier molecular flexibility index (Phi) is 2.75. The van der Waals surface area contributed by atoms with Gasteiger partial charge in [0.25, 0.3) is 0 Å². The van der Waals surface area contributed by atoms with Crippen molar-refractivity contribution >= 4 is 5.90 Å². The van der Waals surface area contributed by atoms with E-state index in [9.17, 15) is 5.11 Å². The second-order valence-corrected chi connectivity index (χ2v) is 6.44. The standard InChI is InChI=1S/C17H20NO3/c1-10-3-4-14-17(9-10)6-5-15(20-2)18-12-7-11(19)8-13(21-14)16(12)17/h6,9,11-12,14,19H,3-4,7-8H2,1-2H3/q+1/t11-,12+,14+,17?/m1/s1. The van der Waals surface area contributed by atoms with E-state index in [2.05, 4.69) is 30.1 Å². The number of methoxy groups -OCH3 is 1. The highest BCUT2D eigenvalue weighted by molar-refractivity contribution is 5.85. The van der Waals surface area contributed by atoms with Crippen LogP contribution >= 0.6 is 0 Å². The SMILES string of the molecule is COC1=N[C@H]2C[C@@H](O)CC3=C2C2(C=[C+]1)C=C(C)CC[C@@H]2O3. The summed E-state index contributed by atoms with van der Waals surface area (Å²) < 4.78 is 11.5. The number of rotatable bonds is 0. The molecular formula is C17H20NO3+. The Balaban J connectivity index is 1.91. The molecule has 4 atom stereocenters. The topological polar surface area (TPSA) is 51.0 Å². The molecule has 4 rings (SSSR count). The molecule has 0 aromatic rings. The molecule has 0 amide bonds. The van der Waals surface area contributed by atoms with Crippen LogP contribution in [-0.2, 0) is 9.47 Å². The zero-order valence-electron chi connectivity index (χ0n) is 12.4. The van der Waals surface area contributed by atoms with E-state index >= 15 is 0 Å². The van der Waals surface area contributed by atoms with Gasteiger partial charge >= 0.3 is 12.0 Å². The lowest BCUT2D eigenvalue weighted by Crippen LogP contribution is -2.37. The number of hydrogen-bond donors (Lipinski definition) is 1. The largest absolute Gasteiger partial charge is 0.493 e. The summed E-state index contributed by atoms with van der Waals surface area (Å²) >= 11 is 0. The van der Waals surface area contributed by atoms with Gasteiger partial charge in [0.05, 0.1) is 19.3 Å². The van der Waals surface area contributed by atoms with Gasteiger partial charge in [-0.2, -0.15) is 4.99 Å². The van der Waals surface area contributed by atoms with E-state index in [4.69, 9.17) is 9.47 Å². The summed E-state index contributed by atoms with van der Waals surface area (Å²) in [6.45, 7) is 2.17. The van der Waals surface area contributed by atoms with E-state index in [-0.39, 0.29) is 17.6 Å². The summed E-state index contributed by atoms with van der Waals surface area (Å²) in [4.78, 5) is 4.64. The highest BCUT2D eigenvalue weighted by atomic mass is 16.5. The van der Waals surface area contributed by atoms with E-state index in [0.717, 1.165) is 18.6 Å². The maximum atomic E-state index is 10.1. The fraction of sp³-hybridized carbons (Fsp3) is 0.588. The van der Waals surface area contributed by atoms with E-state index in [0.29, 0.717) is 18.7 Å². The minimum Gasteiger partial charge on any atom is -0.493 e. The first kappa shape index (κ1) is 13.1. The monoisotopic (exact) mass is 286 g/mol. The fourth-order valence-electron chi connectivity index (χ4n) is 4.16. The first-order chi connectivity index (χ1) is 10.1. The molecule has 0 aromatic heterocycles. The Morgan fingerprint density at radius 3 is 3.19 bits per heavy atom. The molecule has 0 fully saturated rings. The van der Waals surface area contributed by atoms with Gasteiger partial charge in [-0.25, -0.2) is 0 Å². The van der Waals surface area contributed by atoms with E-state index < -0.39 is 6.10 Å². The molecule has 4 nitrogen and oxygen atoms in total. The quantitative estimate of drug-likeness (QED) is 0.549. The summed E-state index contributed by atoms with van der Waals surface area (Å²) in [6, 6.07) is -0.0721. The number of hydrogen-bond acceptors (Lipinski definition) is 4. The second kappa shape index (κ2) is 4.43. The van der Waals surface area contributed by atoms with Gasteiger partial charge < -0.3 is 14.6 Å². The zero-order chi connectivity index (χ0) is 14.6. The third-order valence-electron chi connectivity index (χ3n) is 5.02. The lowest BCUT2D eigenvalue weighted by molar-refractivity contribution is 0.0676. The van der Waals surface area contributed by atoms with Crippen LogP contribution in [0.1, 0.15) is 32.6 Å². The number of nitrogens with zero attached hydrogens (tertiary/aromatic N) is 1. The summed E-state index contributed by atoms with van der Waals surface area (Å²) in [5.41, 5.74) is 2.36. The number of allylic oxidation sites excluding steroid dienone is 1. The van der Waals surface area contributed by atoms with Crippen molar-refractivity contribution in [3.05, 3.63) is 35.1 Å². The van der Waals surface area contributed by atoms with Gasteiger partial charge in [0, 0.05) is 18.4 Å². The Hall–Kier alpha value is -1.64. The van der Waals surface area contributed by atoms with Gasteiger partial charge in [-0.15, -0.1) is 0 Å². The predicted octanol–water partition coefficient (Wildman–Crippen LogP) is 2.31. The highest BCUT2D eigenvalue weighted by Gasteiger charge is 2.57. The van der Waals surface area contributed by atoms with Gasteiger partial charge in [-0.3, -0.25) is 0 Å². The fourth-order valence-corrected chi connectivity index (χ4v) is 4.16. The van der Waals surface area contributed by atoms with Crippen molar-refractivity contribution in [3.63, 3.8) is 0 Å². The van der Waals surface area contributed by atoms with Crippen LogP contribution in [0.25, 0.3) is 0 Å². The molecule has 1 N–H and O–H groups in total. The molecule has 1 unspecified atom stereocenters. The van der Waals surface area contributed by atoms with Crippen molar-refractivity contribution < 1.29 is 14.6 Å². The van der Waals surface area contributed by atoms with Crippen LogP contribution in [0.3, 0.4) is 0 Å². The van der Waals surface area contributed by atoms with Crippen LogP contribution in [0.2, 0.25) is 0 Å². The van der Waals surface area contributed by atoms with Crippen LogP contribution in [0.4, 0.5) is 0 Å². The molecule has 0 aromatic carbocycles. The molecule has 2 heterocycles. The van der Waals surface area contributed by atoms with Crippen molar-refractivity contribution in [1.29, 1.82) is 0 Å². The van der Waals surface area contributed by atoms with E-state index in [1.54, 1.807) is 7.11 Å². The second-order valence-electron chi connectivity index (χ2n) is 6.44. The van der Waals surface area contributed by atoms with Crippen molar-refractivity contribution in [3.8, 4) is 0 Å². The molecule has 4 aliphatic rings. The van der Waals surface area contributed by atoms with Gasteiger partial charge in [0.15, 0.2) is 6.08 Å². The first-order valence-corrected chi connectivity index (χ1v) is 7.61. The van der Waals surface area contributed by atoms with E-state index in [1.807, 2.05) is 0 Å². The molecule has 21 heavy (non-hydrogen) atoms. The average molecular weight is 286 g/mol. The maximum Gasteiger partial charge on any atom is 0.470 e. The molecule has 1 spiro atoms. The smallest absolute Gasteiger partial charge is 0.470 e. The van der Waals surface area contributed by atoms with Gasteiger partial charge in [-0.1, -0.05) is 11.6 Å². The number of ether oxygens (including phenoxy) is 2. The van der Waals surface area contributed by atoms with Crippen LogP contribution in [0, 0.1) is 11.5 Å². The lowest BCUT2D eigenvalue weighted by atomic mass is 9.66. The number of aliphatic hydroxyl groups excluding tert-OH is 1. The van der Waals surface area contributed by atoms with Crippen molar-refractivity contribution in [2.24, 2.45) is 10.4 Å². The van der Waals surface area contributed by atoms with Crippen molar-refractivity contribution in [2.75, 3.05) is 7.11 Å². The van der Waals surface area contributed by atoms with Crippen LogP contribution in [-0.4, -0.2) is 36.4 Å². The molecule has 0 saturated carbocycles. The van der Waals surface area contributed by atoms with Crippen LogP contribution < -0.4 is 0 Å². The van der Waals surface area contributed by atoms with Gasteiger partial charge in [0.1, 0.15) is 17.3 Å². The normalized spacial score (nSPS) is 40.2. The molecule has 2 aliphatic heterocycles. The van der Waals surface area contributed by atoms with Crippen molar-refractivity contribution in [2.45, 2.75) is 50.9 Å². The Morgan fingerprint density at radius 1 is 1.52 bits per heavy atom. The van der Waals surface area contributed by atoms with Crippen LogP contribution in [0.15, 0.2) is 34.0 Å². The number of aliphatic hydroxyl groups is 1.